The number of thioether (sulfide) groups is 1. The van der Waals surface area contributed by atoms with Gasteiger partial charge in [-0.15, -0.1) is 11.8 Å². The van der Waals surface area contributed by atoms with Crippen molar-refractivity contribution in [2.75, 3.05) is 26.0 Å². The van der Waals surface area contributed by atoms with Gasteiger partial charge < -0.3 is 10.1 Å². The molecule has 0 radical (unpaired) electrons. The molecule has 0 heterocycles. The van der Waals surface area contributed by atoms with Crippen molar-refractivity contribution in [3.05, 3.63) is 28.8 Å². The van der Waals surface area contributed by atoms with E-state index in [4.69, 9.17) is 16.3 Å². The number of hydrogen-bond acceptors (Lipinski definition) is 3. The van der Waals surface area contributed by atoms with Crippen LogP contribution in [0.3, 0.4) is 0 Å². The van der Waals surface area contributed by atoms with E-state index in [1.807, 2.05) is 23.9 Å². The van der Waals surface area contributed by atoms with Gasteiger partial charge in [0, 0.05) is 35.9 Å². The minimum Gasteiger partial charge on any atom is -0.385 e. The Morgan fingerprint density at radius 1 is 1.37 bits per heavy atom. The van der Waals surface area contributed by atoms with Gasteiger partial charge in [-0.05, 0) is 36.6 Å². The Kier molecular flexibility index (Phi) is 8.55. The first kappa shape index (κ1) is 16.8. The zero-order chi connectivity index (χ0) is 14.1. The SMILES string of the molecule is COCCCSc1cccc(Cl)c1CNCC(C)C. The average Bonchev–Trinajstić information content (AvgIpc) is 2.37. The fraction of sp³-hybridized carbons (Fsp3) is 0.600. The quantitative estimate of drug-likeness (QED) is 0.545. The molecule has 108 valence electrons. The van der Waals surface area contributed by atoms with Crippen LogP contribution in [-0.4, -0.2) is 26.0 Å². The van der Waals surface area contributed by atoms with Crippen LogP contribution in [0.2, 0.25) is 5.02 Å². The highest BCUT2D eigenvalue weighted by Crippen LogP contribution is 2.28. The van der Waals surface area contributed by atoms with Crippen LogP contribution < -0.4 is 5.32 Å². The largest absolute Gasteiger partial charge is 0.385 e. The van der Waals surface area contributed by atoms with E-state index in [2.05, 4.69) is 25.2 Å². The van der Waals surface area contributed by atoms with Gasteiger partial charge in [-0.2, -0.15) is 0 Å². The molecule has 1 rings (SSSR count). The number of nitrogens with one attached hydrogen (secondary N) is 1. The number of ether oxygens (including phenoxy) is 1. The molecule has 0 spiro atoms. The highest BCUT2D eigenvalue weighted by atomic mass is 35.5. The van der Waals surface area contributed by atoms with Gasteiger partial charge in [-0.25, -0.2) is 0 Å². The smallest absolute Gasteiger partial charge is 0.0470 e. The molecular weight excluding hydrogens is 278 g/mol. The second kappa shape index (κ2) is 9.65. The summed E-state index contributed by atoms with van der Waals surface area (Å²) in [7, 11) is 1.74. The van der Waals surface area contributed by atoms with E-state index in [9.17, 15) is 0 Å². The summed E-state index contributed by atoms with van der Waals surface area (Å²) in [4.78, 5) is 1.28. The first-order valence-electron chi connectivity index (χ1n) is 6.75. The predicted octanol–water partition coefficient (Wildman–Crippen LogP) is 4.21. The normalized spacial score (nSPS) is 11.2. The predicted molar refractivity (Wildman–Crippen MR) is 85.2 cm³/mol. The Labute approximate surface area is 126 Å². The molecule has 0 saturated carbocycles. The molecule has 1 N–H and O–H groups in total. The van der Waals surface area contributed by atoms with E-state index in [1.54, 1.807) is 7.11 Å². The van der Waals surface area contributed by atoms with Crippen LogP contribution in [0.5, 0.6) is 0 Å². The molecule has 0 aliphatic carbocycles. The van der Waals surface area contributed by atoms with Crippen LogP contribution in [0.1, 0.15) is 25.8 Å². The minimum atomic E-state index is 0.653. The van der Waals surface area contributed by atoms with Crippen molar-refractivity contribution in [3.63, 3.8) is 0 Å². The second-order valence-corrected chi connectivity index (χ2v) is 6.48. The first-order valence-corrected chi connectivity index (χ1v) is 8.11. The van der Waals surface area contributed by atoms with Crippen molar-refractivity contribution in [2.45, 2.75) is 31.7 Å². The fourth-order valence-corrected chi connectivity index (χ4v) is 3.03. The van der Waals surface area contributed by atoms with Gasteiger partial charge >= 0.3 is 0 Å². The zero-order valence-corrected chi connectivity index (χ0v) is 13.6. The van der Waals surface area contributed by atoms with E-state index >= 15 is 0 Å². The minimum absolute atomic E-state index is 0.653. The van der Waals surface area contributed by atoms with Crippen molar-refractivity contribution in [1.82, 2.24) is 5.32 Å². The molecule has 0 unspecified atom stereocenters. The summed E-state index contributed by atoms with van der Waals surface area (Å²) in [5.41, 5.74) is 1.22. The Hall–Kier alpha value is -0.220. The summed E-state index contributed by atoms with van der Waals surface area (Å²) in [6.07, 6.45) is 1.06. The van der Waals surface area contributed by atoms with Gasteiger partial charge in [-0.1, -0.05) is 31.5 Å². The summed E-state index contributed by atoms with van der Waals surface area (Å²) in [5, 5.41) is 4.32. The highest BCUT2D eigenvalue weighted by Gasteiger charge is 2.07. The Morgan fingerprint density at radius 3 is 2.84 bits per heavy atom. The molecule has 0 amide bonds. The molecule has 0 aliphatic heterocycles. The maximum atomic E-state index is 6.31. The van der Waals surface area contributed by atoms with Crippen molar-refractivity contribution in [1.29, 1.82) is 0 Å². The van der Waals surface area contributed by atoms with Gasteiger partial charge in [0.05, 0.1) is 0 Å². The van der Waals surface area contributed by atoms with Gasteiger partial charge in [0.15, 0.2) is 0 Å². The van der Waals surface area contributed by atoms with Crippen LogP contribution in [-0.2, 0) is 11.3 Å². The maximum absolute atomic E-state index is 6.31. The van der Waals surface area contributed by atoms with E-state index in [1.165, 1.54) is 10.5 Å². The van der Waals surface area contributed by atoms with Gasteiger partial charge in [0.1, 0.15) is 0 Å². The third kappa shape index (κ3) is 6.66. The number of benzene rings is 1. The lowest BCUT2D eigenvalue weighted by molar-refractivity contribution is 0.200. The Bertz CT molecular complexity index is 371. The summed E-state index contributed by atoms with van der Waals surface area (Å²) in [5.74, 6) is 1.71. The number of rotatable bonds is 9. The van der Waals surface area contributed by atoms with Crippen LogP contribution in [0.15, 0.2) is 23.1 Å². The summed E-state index contributed by atoms with van der Waals surface area (Å²) in [6, 6.07) is 6.13. The lowest BCUT2D eigenvalue weighted by Crippen LogP contribution is -2.19. The summed E-state index contributed by atoms with van der Waals surface area (Å²) in [6.45, 7) is 7.08. The van der Waals surface area contributed by atoms with E-state index in [0.717, 1.165) is 36.9 Å². The van der Waals surface area contributed by atoms with E-state index in [0.29, 0.717) is 5.92 Å². The molecule has 0 fully saturated rings. The first-order chi connectivity index (χ1) is 9.15. The Balaban J connectivity index is 2.56. The van der Waals surface area contributed by atoms with Crippen LogP contribution >= 0.6 is 23.4 Å². The lowest BCUT2D eigenvalue weighted by atomic mass is 10.2. The maximum Gasteiger partial charge on any atom is 0.0470 e. The molecule has 0 aromatic heterocycles. The third-order valence-corrected chi connectivity index (χ3v) is 4.22. The average molecular weight is 302 g/mol. The fourth-order valence-electron chi connectivity index (χ4n) is 1.72. The van der Waals surface area contributed by atoms with Gasteiger partial charge in [0.2, 0.25) is 0 Å². The van der Waals surface area contributed by atoms with Crippen molar-refractivity contribution in [2.24, 2.45) is 5.92 Å². The second-order valence-electron chi connectivity index (χ2n) is 4.94. The van der Waals surface area contributed by atoms with Crippen molar-refractivity contribution in [3.8, 4) is 0 Å². The van der Waals surface area contributed by atoms with Crippen LogP contribution in [0.4, 0.5) is 0 Å². The molecule has 0 aliphatic rings. The molecule has 2 nitrogen and oxygen atoms in total. The van der Waals surface area contributed by atoms with E-state index in [-0.39, 0.29) is 0 Å². The molecule has 19 heavy (non-hydrogen) atoms. The Morgan fingerprint density at radius 2 is 2.16 bits per heavy atom. The lowest BCUT2D eigenvalue weighted by Gasteiger charge is -2.13. The molecule has 0 bridgehead atoms. The van der Waals surface area contributed by atoms with Crippen molar-refractivity contribution < 1.29 is 4.74 Å². The number of methoxy groups -OCH3 is 1. The molecule has 1 aromatic carbocycles. The standard InChI is InChI=1S/C15H24ClNOS/c1-12(2)10-17-11-13-14(16)6-4-7-15(13)19-9-5-8-18-3/h4,6-7,12,17H,5,8-11H2,1-3H3. The summed E-state index contributed by atoms with van der Waals surface area (Å²) >= 11 is 8.16. The summed E-state index contributed by atoms with van der Waals surface area (Å²) < 4.78 is 5.07. The molecule has 1 aromatic rings. The van der Waals surface area contributed by atoms with E-state index < -0.39 is 0 Å². The monoisotopic (exact) mass is 301 g/mol. The van der Waals surface area contributed by atoms with Crippen molar-refractivity contribution >= 4 is 23.4 Å². The van der Waals surface area contributed by atoms with Gasteiger partial charge in [-0.3, -0.25) is 0 Å². The molecule has 0 atom stereocenters. The number of halogens is 1. The topological polar surface area (TPSA) is 21.3 Å². The third-order valence-electron chi connectivity index (χ3n) is 2.68. The van der Waals surface area contributed by atoms with Crippen LogP contribution in [0.25, 0.3) is 0 Å². The molecule has 0 saturated heterocycles. The highest BCUT2D eigenvalue weighted by molar-refractivity contribution is 7.99. The van der Waals surface area contributed by atoms with Gasteiger partial charge in [0.25, 0.3) is 0 Å². The molecular formula is C15H24ClNOS. The van der Waals surface area contributed by atoms with Crippen LogP contribution in [0, 0.1) is 5.92 Å². The zero-order valence-electron chi connectivity index (χ0n) is 12.0. The number of hydrogen-bond donors (Lipinski definition) is 1. The molecule has 4 heteroatoms.